The zero-order valence-corrected chi connectivity index (χ0v) is 35.2. The largest absolute Gasteiger partial charge is 0.508 e. The highest BCUT2D eigenvalue weighted by Crippen LogP contribution is 2.23. The van der Waals surface area contributed by atoms with Gasteiger partial charge in [-0.2, -0.15) is 0 Å². The van der Waals surface area contributed by atoms with Crippen molar-refractivity contribution in [2.45, 2.75) is 65.1 Å². The maximum absolute atomic E-state index is 12.2. The highest BCUT2D eigenvalue weighted by atomic mass is 16.5. The van der Waals surface area contributed by atoms with Crippen molar-refractivity contribution in [2.75, 3.05) is 28.2 Å². The molecular formula is C47H61N7O4. The Labute approximate surface area is 344 Å². The van der Waals surface area contributed by atoms with Crippen LogP contribution in [0.15, 0.2) is 147 Å². The van der Waals surface area contributed by atoms with Crippen LogP contribution in [0, 0.1) is 5.92 Å². The minimum atomic E-state index is -0.190. The number of carbonyl (C=O) groups is 2. The predicted molar refractivity (Wildman–Crippen MR) is 233 cm³/mol. The number of carbonyl (C=O) groups excluding carboxylic acids is 2. The van der Waals surface area contributed by atoms with Gasteiger partial charge in [-0.3, -0.25) is 13.9 Å². The molecule has 2 aromatic heterocycles. The number of phenols is 1. The van der Waals surface area contributed by atoms with Gasteiger partial charge in [0, 0.05) is 49.3 Å². The summed E-state index contributed by atoms with van der Waals surface area (Å²) >= 11 is 0. The summed E-state index contributed by atoms with van der Waals surface area (Å²) in [6.07, 6.45) is 11.4. The molecule has 3 N–H and O–H groups in total. The Morgan fingerprint density at radius 3 is 1.60 bits per heavy atom. The van der Waals surface area contributed by atoms with Gasteiger partial charge in [0.1, 0.15) is 24.2 Å². The number of ether oxygens (including phenoxy) is 1. The van der Waals surface area contributed by atoms with E-state index in [2.05, 4.69) is 70.9 Å². The topological polar surface area (TPSA) is 132 Å². The molecule has 58 heavy (non-hydrogen) atoms. The zero-order chi connectivity index (χ0) is 42.5. The van der Waals surface area contributed by atoms with Gasteiger partial charge < -0.3 is 25.4 Å². The minimum Gasteiger partial charge on any atom is -0.508 e. The number of nitrogens with zero attached hydrogens (tertiary/aromatic N) is 6. The Morgan fingerprint density at radius 1 is 0.672 bits per heavy atom. The summed E-state index contributed by atoms with van der Waals surface area (Å²) in [5, 5.41) is 9.23. The Hall–Kier alpha value is -5.88. The van der Waals surface area contributed by atoms with E-state index in [9.17, 15) is 14.7 Å². The fourth-order valence-corrected chi connectivity index (χ4v) is 5.63. The van der Waals surface area contributed by atoms with Crippen LogP contribution < -0.4 is 10.5 Å². The molecule has 6 aromatic rings. The van der Waals surface area contributed by atoms with Gasteiger partial charge in [-0.25, -0.2) is 14.8 Å². The van der Waals surface area contributed by atoms with Crippen LogP contribution in [0.5, 0.6) is 11.5 Å². The molecule has 0 saturated heterocycles. The van der Waals surface area contributed by atoms with Crippen molar-refractivity contribution in [1.82, 2.24) is 28.9 Å². The van der Waals surface area contributed by atoms with Crippen molar-refractivity contribution in [3.05, 3.63) is 169 Å². The van der Waals surface area contributed by atoms with Crippen LogP contribution in [0.1, 0.15) is 68.5 Å². The molecule has 2 heterocycles. The van der Waals surface area contributed by atoms with Gasteiger partial charge >= 0.3 is 12.0 Å². The monoisotopic (exact) mass is 787 g/mol. The van der Waals surface area contributed by atoms with E-state index in [1.165, 1.54) is 32.9 Å². The maximum atomic E-state index is 12.2. The molecule has 0 aliphatic carbocycles. The average molecular weight is 788 g/mol. The van der Waals surface area contributed by atoms with Crippen LogP contribution in [0.25, 0.3) is 0 Å². The quantitative estimate of drug-likeness (QED) is 0.0978. The van der Waals surface area contributed by atoms with E-state index in [-0.39, 0.29) is 30.0 Å². The third-order valence-electron chi connectivity index (χ3n) is 9.27. The van der Waals surface area contributed by atoms with E-state index < -0.39 is 0 Å². The van der Waals surface area contributed by atoms with Gasteiger partial charge in [0.25, 0.3) is 0 Å². The van der Waals surface area contributed by atoms with E-state index in [4.69, 9.17) is 10.5 Å². The molecule has 308 valence electrons. The molecule has 0 amide bonds. The fourth-order valence-electron chi connectivity index (χ4n) is 5.63. The van der Waals surface area contributed by atoms with Crippen molar-refractivity contribution in [3.63, 3.8) is 0 Å². The molecule has 0 unspecified atom stereocenters. The molecule has 0 radical (unpaired) electrons. The Kier molecular flexibility index (Phi) is 19.8. The predicted octanol–water partition coefficient (Wildman–Crippen LogP) is 8.67. The third-order valence-corrected chi connectivity index (χ3v) is 9.27. The van der Waals surface area contributed by atoms with Crippen molar-refractivity contribution in [3.8, 4) is 11.5 Å². The van der Waals surface area contributed by atoms with Gasteiger partial charge in [0.2, 0.25) is 0 Å². The van der Waals surface area contributed by atoms with E-state index in [0.717, 1.165) is 24.0 Å². The van der Waals surface area contributed by atoms with Crippen LogP contribution in [0.3, 0.4) is 0 Å². The Morgan fingerprint density at radius 2 is 1.16 bits per heavy atom. The number of aromatic hydroxyl groups is 1. The normalized spacial score (nSPS) is 12.7. The molecule has 0 fully saturated rings. The number of hydrogen-bond acceptors (Lipinski definition) is 9. The molecule has 6 rings (SSSR count). The summed E-state index contributed by atoms with van der Waals surface area (Å²) in [6, 6.07) is 36.4. The second kappa shape index (κ2) is 24.7. The summed E-state index contributed by atoms with van der Waals surface area (Å²) in [5.41, 5.74) is 10.5. The molecule has 4 aromatic carbocycles. The number of rotatable bonds is 11. The number of phenolic OH excluding ortho intramolecular Hbond substituents is 1. The molecule has 11 heteroatoms. The number of nitrogens with two attached hydrogens (primary N) is 1. The van der Waals surface area contributed by atoms with Crippen LogP contribution in [0.4, 0.5) is 4.79 Å². The second-order valence-corrected chi connectivity index (χ2v) is 14.8. The Bertz CT molecular complexity index is 1980. The SMILES string of the molecule is C[C@@H](c1cccc(O)c1)N(C)C.C[C@H](CC(=O)Oc1cccc([C@H](C)N(C)C)c1)Cc1ccccc1.C[C@H](N)Cc1ccccc1.O=C(n1ccnc1)n1ccnc1. The first-order valence-corrected chi connectivity index (χ1v) is 19.5. The summed E-state index contributed by atoms with van der Waals surface area (Å²) < 4.78 is 8.29. The molecule has 0 aliphatic rings. The lowest BCUT2D eigenvalue weighted by molar-refractivity contribution is -0.135. The Balaban J connectivity index is 0.000000223. The lowest BCUT2D eigenvalue weighted by Crippen LogP contribution is -2.17. The average Bonchev–Trinajstić information content (AvgIpc) is 3.95. The van der Waals surface area contributed by atoms with Crippen LogP contribution >= 0.6 is 0 Å². The van der Waals surface area contributed by atoms with Gasteiger partial charge in [-0.15, -0.1) is 0 Å². The molecule has 0 bridgehead atoms. The minimum absolute atomic E-state index is 0.173. The smallest absolute Gasteiger partial charge is 0.338 e. The lowest BCUT2D eigenvalue weighted by Gasteiger charge is -2.20. The maximum Gasteiger partial charge on any atom is 0.338 e. The standard InChI is InChI=1S/C21H27NO2.C10H15NO.C9H13N.C7H6N4O/c1-16(13-18-9-6-5-7-10-18)14-21(23)24-20-12-8-11-19(15-20)17(2)22(3)4;1-8(11(2)3)9-5-4-6-10(12)7-9;1-8(10)7-9-5-3-2-4-6-9;12-7(10-3-1-8-5-10)11-4-2-9-6-11/h5-12,15-17H,13-14H2,1-4H3;4-8,12H,1-3H3;2-6,8H,7,10H2,1H3;1-6H/t16-,17-;2*8-;/m000./s1. The molecule has 0 aliphatic heterocycles. The third kappa shape index (κ3) is 17.1. The number of esters is 1. The lowest BCUT2D eigenvalue weighted by atomic mass is 9.98. The van der Waals surface area contributed by atoms with Crippen molar-refractivity contribution >= 4 is 12.0 Å². The van der Waals surface area contributed by atoms with Crippen molar-refractivity contribution in [1.29, 1.82) is 0 Å². The zero-order valence-electron chi connectivity index (χ0n) is 35.2. The molecule has 4 atom stereocenters. The first-order valence-electron chi connectivity index (χ1n) is 19.5. The molecular weight excluding hydrogens is 727 g/mol. The summed E-state index contributed by atoms with van der Waals surface area (Å²) in [5.74, 6) is 1.04. The number of aromatic nitrogens is 4. The van der Waals surface area contributed by atoms with E-state index >= 15 is 0 Å². The van der Waals surface area contributed by atoms with Crippen molar-refractivity contribution < 1.29 is 19.4 Å². The number of hydrogen-bond donors (Lipinski definition) is 2. The van der Waals surface area contributed by atoms with Gasteiger partial charge in [0.15, 0.2) is 0 Å². The number of imidazole rings is 2. The first-order chi connectivity index (χ1) is 27.7. The second-order valence-electron chi connectivity index (χ2n) is 14.8. The first kappa shape index (κ1) is 46.5. The van der Waals surface area contributed by atoms with E-state index in [1.54, 1.807) is 36.9 Å². The van der Waals surface area contributed by atoms with Gasteiger partial charge in [-0.05, 0) is 114 Å². The fraction of sp³-hybridized carbons (Fsp3) is 0.319. The van der Waals surface area contributed by atoms with Crippen molar-refractivity contribution in [2.24, 2.45) is 11.7 Å². The van der Waals surface area contributed by atoms with Gasteiger partial charge in [-0.1, -0.05) is 91.9 Å². The van der Waals surface area contributed by atoms with E-state index in [1.807, 2.05) is 102 Å². The summed E-state index contributed by atoms with van der Waals surface area (Å²) in [4.78, 5) is 35.4. The highest BCUT2D eigenvalue weighted by Gasteiger charge is 2.14. The molecule has 0 saturated carbocycles. The highest BCUT2D eigenvalue weighted by molar-refractivity contribution is 5.78. The van der Waals surface area contributed by atoms with Crippen LogP contribution in [0.2, 0.25) is 0 Å². The molecule has 0 spiro atoms. The number of benzene rings is 4. The van der Waals surface area contributed by atoms with Crippen LogP contribution in [-0.2, 0) is 17.6 Å². The van der Waals surface area contributed by atoms with E-state index in [0.29, 0.717) is 24.0 Å². The van der Waals surface area contributed by atoms with Gasteiger partial charge in [0.05, 0.1) is 0 Å². The summed E-state index contributed by atoms with van der Waals surface area (Å²) in [7, 11) is 8.12. The summed E-state index contributed by atoms with van der Waals surface area (Å²) in [6.45, 7) is 8.34. The molecule has 11 nitrogen and oxygen atoms in total. The van der Waals surface area contributed by atoms with Crippen LogP contribution in [-0.4, -0.2) is 80.2 Å².